The van der Waals surface area contributed by atoms with Gasteiger partial charge in [-0.1, -0.05) is 30.3 Å². The zero-order valence-electron chi connectivity index (χ0n) is 9.06. The van der Waals surface area contributed by atoms with E-state index >= 15 is 0 Å². The van der Waals surface area contributed by atoms with E-state index in [1.807, 2.05) is 30.3 Å². The van der Waals surface area contributed by atoms with E-state index in [9.17, 15) is 9.59 Å². The van der Waals surface area contributed by atoms with Gasteiger partial charge in [-0.2, -0.15) is 0 Å². The summed E-state index contributed by atoms with van der Waals surface area (Å²) in [5.74, 6) is -1.05. The van der Waals surface area contributed by atoms with Crippen molar-refractivity contribution >= 4 is 11.8 Å². The van der Waals surface area contributed by atoms with Crippen LogP contribution in [-0.2, 0) is 9.59 Å². The summed E-state index contributed by atoms with van der Waals surface area (Å²) in [4.78, 5) is 21.9. The van der Waals surface area contributed by atoms with Crippen LogP contribution in [0, 0.1) is 0 Å². The molecule has 0 heterocycles. The maximum atomic E-state index is 11.3. The first-order valence-corrected chi connectivity index (χ1v) is 5.24. The number of amides is 2. The quantitative estimate of drug-likeness (QED) is 0.746. The molecule has 86 valence electrons. The standard InChI is InChI=1S/C12H16N2O2/c13-11(15)8-4-7-10(12(14)16)9-5-2-1-3-6-9/h1-3,5-6,10H,4,7-8H2,(H2,13,15)(H2,14,16)/t10-/m0/s1. The second-order valence-electron chi connectivity index (χ2n) is 3.72. The first-order chi connectivity index (χ1) is 7.61. The molecule has 4 nitrogen and oxygen atoms in total. The Morgan fingerprint density at radius 3 is 2.25 bits per heavy atom. The monoisotopic (exact) mass is 220 g/mol. The van der Waals surface area contributed by atoms with Crippen molar-refractivity contribution in [2.75, 3.05) is 0 Å². The van der Waals surface area contributed by atoms with Crippen LogP contribution in [0.4, 0.5) is 0 Å². The van der Waals surface area contributed by atoms with Gasteiger partial charge < -0.3 is 11.5 Å². The van der Waals surface area contributed by atoms with Crippen LogP contribution in [0.1, 0.15) is 30.7 Å². The molecule has 4 N–H and O–H groups in total. The van der Waals surface area contributed by atoms with Crippen molar-refractivity contribution in [2.24, 2.45) is 11.5 Å². The number of nitrogens with two attached hydrogens (primary N) is 2. The maximum absolute atomic E-state index is 11.3. The lowest BCUT2D eigenvalue weighted by atomic mass is 9.93. The number of primary amides is 2. The van der Waals surface area contributed by atoms with E-state index in [0.29, 0.717) is 12.8 Å². The van der Waals surface area contributed by atoms with Gasteiger partial charge in [0, 0.05) is 6.42 Å². The van der Waals surface area contributed by atoms with E-state index in [1.54, 1.807) is 0 Å². The Morgan fingerprint density at radius 1 is 1.12 bits per heavy atom. The first kappa shape index (κ1) is 12.2. The Labute approximate surface area is 94.6 Å². The molecule has 4 heteroatoms. The number of carbonyl (C=O) groups is 2. The van der Waals surface area contributed by atoms with Gasteiger partial charge in [0.25, 0.3) is 0 Å². The molecular weight excluding hydrogens is 204 g/mol. The number of rotatable bonds is 6. The molecule has 0 radical (unpaired) electrons. The van der Waals surface area contributed by atoms with Gasteiger partial charge in [-0.05, 0) is 18.4 Å². The maximum Gasteiger partial charge on any atom is 0.224 e. The van der Waals surface area contributed by atoms with Crippen molar-refractivity contribution in [1.82, 2.24) is 0 Å². The van der Waals surface area contributed by atoms with Gasteiger partial charge in [-0.25, -0.2) is 0 Å². The third kappa shape index (κ3) is 3.73. The minimum Gasteiger partial charge on any atom is -0.370 e. The van der Waals surface area contributed by atoms with Crippen molar-refractivity contribution in [3.63, 3.8) is 0 Å². The molecule has 0 bridgehead atoms. The minimum atomic E-state index is -0.365. The average molecular weight is 220 g/mol. The van der Waals surface area contributed by atoms with E-state index < -0.39 is 0 Å². The van der Waals surface area contributed by atoms with Crippen molar-refractivity contribution < 1.29 is 9.59 Å². The highest BCUT2D eigenvalue weighted by Gasteiger charge is 2.17. The zero-order valence-corrected chi connectivity index (χ0v) is 9.06. The average Bonchev–Trinajstić information content (AvgIpc) is 2.25. The summed E-state index contributed by atoms with van der Waals surface area (Å²) in [6.07, 6.45) is 1.43. The zero-order chi connectivity index (χ0) is 12.0. The topological polar surface area (TPSA) is 86.2 Å². The van der Waals surface area contributed by atoms with E-state index in [2.05, 4.69) is 0 Å². The van der Waals surface area contributed by atoms with E-state index in [-0.39, 0.29) is 24.2 Å². The number of hydrogen-bond donors (Lipinski definition) is 2. The Balaban J connectivity index is 2.62. The fourth-order valence-electron chi connectivity index (χ4n) is 1.64. The lowest BCUT2D eigenvalue weighted by molar-refractivity contribution is -0.120. The van der Waals surface area contributed by atoms with Gasteiger partial charge in [-0.15, -0.1) is 0 Å². The molecule has 0 aliphatic carbocycles. The van der Waals surface area contributed by atoms with Crippen LogP contribution in [0.5, 0.6) is 0 Å². The second-order valence-corrected chi connectivity index (χ2v) is 3.72. The predicted molar refractivity (Wildman–Crippen MR) is 61.4 cm³/mol. The van der Waals surface area contributed by atoms with Gasteiger partial charge in [0.05, 0.1) is 5.92 Å². The van der Waals surface area contributed by atoms with Gasteiger partial charge in [0.15, 0.2) is 0 Å². The normalized spacial score (nSPS) is 12.0. The summed E-state index contributed by atoms with van der Waals surface area (Å²) in [6, 6.07) is 9.32. The fraction of sp³-hybridized carbons (Fsp3) is 0.333. The smallest absolute Gasteiger partial charge is 0.224 e. The van der Waals surface area contributed by atoms with Crippen LogP contribution in [0.3, 0.4) is 0 Å². The lowest BCUT2D eigenvalue weighted by Crippen LogP contribution is -2.22. The van der Waals surface area contributed by atoms with Gasteiger partial charge in [0.1, 0.15) is 0 Å². The Morgan fingerprint density at radius 2 is 1.75 bits per heavy atom. The largest absolute Gasteiger partial charge is 0.370 e. The van der Waals surface area contributed by atoms with Gasteiger partial charge in [0.2, 0.25) is 11.8 Å². The molecule has 0 aliphatic rings. The van der Waals surface area contributed by atoms with Crippen molar-refractivity contribution in [2.45, 2.75) is 25.2 Å². The first-order valence-electron chi connectivity index (χ1n) is 5.24. The molecule has 0 unspecified atom stereocenters. The molecule has 0 spiro atoms. The molecule has 0 aromatic heterocycles. The van der Waals surface area contributed by atoms with Crippen LogP contribution in [0.15, 0.2) is 30.3 Å². The van der Waals surface area contributed by atoms with Crippen LogP contribution < -0.4 is 11.5 Å². The molecule has 0 fully saturated rings. The Bertz CT molecular complexity index is 363. The molecule has 0 aliphatic heterocycles. The number of carbonyl (C=O) groups excluding carboxylic acids is 2. The summed E-state index contributed by atoms with van der Waals surface area (Å²) in [6.45, 7) is 0. The Hall–Kier alpha value is -1.84. The highest BCUT2D eigenvalue weighted by molar-refractivity contribution is 5.82. The van der Waals surface area contributed by atoms with Crippen molar-refractivity contribution in [3.8, 4) is 0 Å². The van der Waals surface area contributed by atoms with Gasteiger partial charge >= 0.3 is 0 Å². The highest BCUT2D eigenvalue weighted by atomic mass is 16.1. The van der Waals surface area contributed by atoms with Crippen LogP contribution in [0.25, 0.3) is 0 Å². The third-order valence-electron chi connectivity index (χ3n) is 2.46. The van der Waals surface area contributed by atoms with Crippen LogP contribution in [-0.4, -0.2) is 11.8 Å². The molecule has 1 rings (SSSR count). The molecule has 0 saturated heterocycles. The minimum absolute atomic E-state index is 0.288. The molecule has 1 aromatic carbocycles. The molecule has 2 amide bonds. The van der Waals surface area contributed by atoms with Crippen molar-refractivity contribution in [1.29, 1.82) is 0 Å². The lowest BCUT2D eigenvalue weighted by Gasteiger charge is -2.12. The van der Waals surface area contributed by atoms with Crippen LogP contribution in [0.2, 0.25) is 0 Å². The number of hydrogen-bond acceptors (Lipinski definition) is 2. The molecular formula is C12H16N2O2. The SMILES string of the molecule is NC(=O)CCC[C@H](C(N)=O)c1ccccc1. The van der Waals surface area contributed by atoms with E-state index in [1.165, 1.54) is 0 Å². The summed E-state index contributed by atoms with van der Waals surface area (Å²) in [7, 11) is 0. The molecule has 16 heavy (non-hydrogen) atoms. The van der Waals surface area contributed by atoms with E-state index in [4.69, 9.17) is 11.5 Å². The highest BCUT2D eigenvalue weighted by Crippen LogP contribution is 2.21. The summed E-state index contributed by atoms with van der Waals surface area (Å²) >= 11 is 0. The molecule has 1 atom stereocenters. The van der Waals surface area contributed by atoms with Gasteiger partial charge in [-0.3, -0.25) is 9.59 Å². The van der Waals surface area contributed by atoms with Crippen LogP contribution >= 0.6 is 0 Å². The summed E-state index contributed by atoms with van der Waals surface area (Å²) in [5, 5.41) is 0. The number of benzene rings is 1. The molecule has 0 saturated carbocycles. The summed E-state index contributed by atoms with van der Waals surface area (Å²) < 4.78 is 0. The molecule has 1 aromatic rings. The summed E-state index contributed by atoms with van der Waals surface area (Å²) in [5.41, 5.74) is 11.3. The Kier molecular flexibility index (Phi) is 4.51. The third-order valence-corrected chi connectivity index (χ3v) is 2.46. The van der Waals surface area contributed by atoms with Crippen molar-refractivity contribution in [3.05, 3.63) is 35.9 Å². The fourth-order valence-corrected chi connectivity index (χ4v) is 1.64. The predicted octanol–water partition coefficient (Wildman–Crippen LogP) is 0.911. The second kappa shape index (κ2) is 5.90. The van der Waals surface area contributed by atoms with E-state index in [0.717, 1.165) is 5.56 Å².